The number of hydrogen-bond donors (Lipinski definition) is 0. The maximum absolute atomic E-state index is 10.6. The molecule has 4 aromatic rings. The molecule has 2 aromatic heterocycles. The van der Waals surface area contributed by atoms with Crippen molar-refractivity contribution in [3.05, 3.63) is 95.9 Å². The smallest absolute Gasteiger partial charge is 0.269 e. The van der Waals surface area contributed by atoms with Crippen molar-refractivity contribution in [1.29, 1.82) is 0 Å². The van der Waals surface area contributed by atoms with Gasteiger partial charge in [0.15, 0.2) is 20.6 Å². The SMILES string of the molecule is Clc1cc(N2CCN(CCOc3ccc(Br)cc3)CC2)c(Cl)nn1.O=[N+]([O-])c1ccc(OCCN2CCN(c3cc(Cl)nnc3Cl)CC2)cc1. The summed E-state index contributed by atoms with van der Waals surface area (Å²) in [5.41, 5.74) is 1.70. The third-order valence-corrected chi connectivity index (χ3v) is 9.48. The molecule has 0 spiro atoms. The Morgan fingerprint density at radius 2 is 1.04 bits per heavy atom. The Bertz CT molecular complexity index is 1700. The van der Waals surface area contributed by atoms with Gasteiger partial charge >= 0.3 is 0 Å². The fraction of sp³-hybridized carbons (Fsp3) is 0.375. The molecule has 266 valence electrons. The van der Waals surface area contributed by atoms with Gasteiger partial charge in [0.25, 0.3) is 5.69 Å². The van der Waals surface area contributed by atoms with Gasteiger partial charge in [-0.1, -0.05) is 62.3 Å². The highest BCUT2D eigenvalue weighted by Gasteiger charge is 2.21. The van der Waals surface area contributed by atoms with Crippen LogP contribution in [0.2, 0.25) is 20.6 Å². The number of piperazine rings is 2. The lowest BCUT2D eigenvalue weighted by atomic mass is 10.3. The van der Waals surface area contributed by atoms with E-state index in [0.29, 0.717) is 39.6 Å². The summed E-state index contributed by atoms with van der Waals surface area (Å²) in [6.45, 7) is 9.82. The molecule has 2 saturated heterocycles. The van der Waals surface area contributed by atoms with Gasteiger partial charge in [0.2, 0.25) is 0 Å². The van der Waals surface area contributed by atoms with Crippen molar-refractivity contribution in [1.82, 2.24) is 30.2 Å². The molecule has 0 radical (unpaired) electrons. The van der Waals surface area contributed by atoms with Crippen LogP contribution in [0.3, 0.4) is 0 Å². The van der Waals surface area contributed by atoms with E-state index in [1.165, 1.54) is 12.1 Å². The summed E-state index contributed by atoms with van der Waals surface area (Å²) in [5, 5.41) is 27.2. The number of nitro benzene ring substituents is 1. The zero-order valence-electron chi connectivity index (χ0n) is 26.8. The number of aromatic nitrogens is 4. The fourth-order valence-electron chi connectivity index (χ4n) is 5.34. The minimum absolute atomic E-state index is 0.0536. The predicted molar refractivity (Wildman–Crippen MR) is 200 cm³/mol. The molecule has 6 rings (SSSR count). The third kappa shape index (κ3) is 11.4. The topological polar surface area (TPSA) is 126 Å². The van der Waals surface area contributed by atoms with Crippen molar-refractivity contribution in [2.45, 2.75) is 0 Å². The minimum Gasteiger partial charge on any atom is -0.492 e. The van der Waals surface area contributed by atoms with Crippen LogP contribution >= 0.6 is 62.3 Å². The molecule has 0 bridgehead atoms. The van der Waals surface area contributed by atoms with E-state index in [1.54, 1.807) is 24.3 Å². The number of nitro groups is 1. The van der Waals surface area contributed by atoms with Crippen LogP contribution in [0.4, 0.5) is 17.1 Å². The second-order valence-corrected chi connectivity index (χ2v) is 13.7. The van der Waals surface area contributed by atoms with Crippen LogP contribution < -0.4 is 19.3 Å². The second kappa shape index (κ2) is 18.8. The number of halogens is 5. The van der Waals surface area contributed by atoms with E-state index in [0.717, 1.165) is 87.0 Å². The highest BCUT2D eigenvalue weighted by atomic mass is 79.9. The Morgan fingerprint density at radius 3 is 1.44 bits per heavy atom. The zero-order chi connectivity index (χ0) is 35.5. The lowest BCUT2D eigenvalue weighted by Crippen LogP contribution is -2.47. The first-order valence-corrected chi connectivity index (χ1v) is 18.0. The van der Waals surface area contributed by atoms with E-state index in [9.17, 15) is 10.1 Å². The van der Waals surface area contributed by atoms with Gasteiger partial charge in [-0.25, -0.2) is 0 Å². The molecular formula is C32H34BrCl4N9O4. The lowest BCUT2D eigenvalue weighted by Gasteiger charge is -2.36. The molecule has 50 heavy (non-hydrogen) atoms. The number of non-ortho nitro benzene ring substituents is 1. The number of anilines is 2. The maximum atomic E-state index is 10.6. The third-order valence-electron chi connectivity index (χ3n) is 8.04. The average molecular weight is 830 g/mol. The molecule has 0 saturated carbocycles. The van der Waals surface area contributed by atoms with Gasteiger partial charge in [-0.15, -0.1) is 20.4 Å². The first kappa shape index (κ1) is 38.0. The first-order chi connectivity index (χ1) is 24.1. The van der Waals surface area contributed by atoms with Gasteiger partial charge < -0.3 is 19.3 Å². The van der Waals surface area contributed by atoms with Gasteiger partial charge in [-0.3, -0.25) is 19.9 Å². The zero-order valence-corrected chi connectivity index (χ0v) is 31.4. The van der Waals surface area contributed by atoms with E-state index >= 15 is 0 Å². The molecule has 0 aliphatic carbocycles. The van der Waals surface area contributed by atoms with Crippen molar-refractivity contribution in [2.24, 2.45) is 0 Å². The number of hydrogen-bond acceptors (Lipinski definition) is 12. The van der Waals surface area contributed by atoms with E-state index in [4.69, 9.17) is 55.9 Å². The number of benzene rings is 2. The first-order valence-electron chi connectivity index (χ1n) is 15.7. The molecule has 18 heteroatoms. The highest BCUT2D eigenvalue weighted by molar-refractivity contribution is 9.10. The summed E-state index contributed by atoms with van der Waals surface area (Å²) in [6.07, 6.45) is 0. The van der Waals surface area contributed by atoms with Crippen molar-refractivity contribution >= 4 is 79.4 Å². The van der Waals surface area contributed by atoms with E-state index in [-0.39, 0.29) is 5.69 Å². The summed E-state index contributed by atoms with van der Waals surface area (Å²) in [4.78, 5) is 19.2. The number of ether oxygens (including phenoxy) is 2. The number of nitrogens with zero attached hydrogens (tertiary/aromatic N) is 9. The van der Waals surface area contributed by atoms with Crippen LogP contribution in [-0.4, -0.2) is 114 Å². The molecule has 2 aliphatic heterocycles. The number of rotatable bonds is 11. The Kier molecular flexibility index (Phi) is 14.3. The molecule has 13 nitrogen and oxygen atoms in total. The van der Waals surface area contributed by atoms with Crippen molar-refractivity contribution < 1.29 is 14.4 Å². The normalized spacial score (nSPS) is 15.3. The second-order valence-electron chi connectivity index (χ2n) is 11.2. The van der Waals surface area contributed by atoms with E-state index in [1.807, 2.05) is 24.3 Å². The summed E-state index contributed by atoms with van der Waals surface area (Å²) < 4.78 is 12.5. The lowest BCUT2D eigenvalue weighted by molar-refractivity contribution is -0.384. The summed E-state index contributed by atoms with van der Waals surface area (Å²) >= 11 is 27.4. The summed E-state index contributed by atoms with van der Waals surface area (Å²) in [5.74, 6) is 1.51. The van der Waals surface area contributed by atoms with Crippen LogP contribution in [0, 0.1) is 10.1 Å². The molecule has 2 aromatic carbocycles. The Hall–Kier alpha value is -3.24. The summed E-state index contributed by atoms with van der Waals surface area (Å²) in [6, 6.07) is 17.5. The molecule has 2 aliphatic rings. The minimum atomic E-state index is -0.430. The monoisotopic (exact) mass is 827 g/mol. The van der Waals surface area contributed by atoms with Gasteiger partial charge in [0.1, 0.15) is 24.7 Å². The van der Waals surface area contributed by atoms with Gasteiger partial charge in [0.05, 0.1) is 16.3 Å². The Balaban J connectivity index is 0.000000195. The molecule has 0 atom stereocenters. The van der Waals surface area contributed by atoms with Crippen LogP contribution in [0.5, 0.6) is 11.5 Å². The van der Waals surface area contributed by atoms with Gasteiger partial charge in [-0.05, 0) is 36.4 Å². The van der Waals surface area contributed by atoms with Gasteiger partial charge in [-0.2, -0.15) is 0 Å². The van der Waals surface area contributed by atoms with Crippen LogP contribution in [0.25, 0.3) is 0 Å². The highest BCUT2D eigenvalue weighted by Crippen LogP contribution is 2.27. The molecule has 0 N–H and O–H groups in total. The Labute approximate surface area is 318 Å². The van der Waals surface area contributed by atoms with E-state index < -0.39 is 4.92 Å². The van der Waals surface area contributed by atoms with Crippen molar-refractivity contribution in [3.8, 4) is 11.5 Å². The standard InChI is InChI=1S/C16H17BrCl2N4O.C16H17Cl2N5O3/c17-12-1-3-13(4-2-12)24-10-9-22-5-7-23(8-6-22)14-11-15(18)20-21-16(14)19;17-15-11-14(16(18)20-19-15)22-7-5-21(6-8-22)9-10-26-13-3-1-12(2-4-13)23(24)25/h1-4,11H,5-10H2;1-4,11H,5-10H2. The van der Waals surface area contributed by atoms with E-state index in [2.05, 4.69) is 55.9 Å². The van der Waals surface area contributed by atoms with Gasteiger partial charge in [0, 0.05) is 94.2 Å². The average Bonchev–Trinajstić information content (AvgIpc) is 3.12. The van der Waals surface area contributed by atoms with Crippen molar-refractivity contribution in [3.63, 3.8) is 0 Å². The fourth-order valence-corrected chi connectivity index (χ4v) is 6.31. The maximum Gasteiger partial charge on any atom is 0.269 e. The summed E-state index contributed by atoms with van der Waals surface area (Å²) in [7, 11) is 0. The quantitative estimate of drug-likeness (QED) is 0.119. The molecule has 2 fully saturated rings. The van der Waals surface area contributed by atoms with Crippen LogP contribution in [-0.2, 0) is 0 Å². The molecule has 0 unspecified atom stereocenters. The van der Waals surface area contributed by atoms with Crippen LogP contribution in [0.15, 0.2) is 65.1 Å². The molecule has 0 amide bonds. The predicted octanol–water partition coefficient (Wildman–Crippen LogP) is 6.64. The van der Waals surface area contributed by atoms with Crippen molar-refractivity contribution in [2.75, 3.05) is 88.5 Å². The largest absolute Gasteiger partial charge is 0.492 e. The molecule has 4 heterocycles. The Morgan fingerprint density at radius 1 is 0.640 bits per heavy atom. The molecular weight excluding hydrogens is 796 g/mol. The van der Waals surface area contributed by atoms with Crippen LogP contribution in [0.1, 0.15) is 0 Å².